The zero-order valence-corrected chi connectivity index (χ0v) is 13.2. The van der Waals surface area contributed by atoms with Gasteiger partial charge in [-0.05, 0) is 17.2 Å². The summed E-state index contributed by atoms with van der Waals surface area (Å²) in [6.45, 7) is 0. The third kappa shape index (κ3) is 2.46. The van der Waals surface area contributed by atoms with E-state index in [0.29, 0.717) is 12.0 Å². The number of aliphatic hydroxyl groups excluding tert-OH is 2. The van der Waals surface area contributed by atoms with Crippen LogP contribution >= 0.6 is 0 Å². The molecule has 2 aromatic rings. The number of allylic oxidation sites excluding steroid dienone is 3. The van der Waals surface area contributed by atoms with E-state index < -0.39 is 5.78 Å². The molecule has 0 saturated heterocycles. The standard InChI is InChI=1S/C20H14N2O3/c23-11-12-9-13(24)10-18(20(12)25)21-22-19-16-7-3-1-5-14(16)15-6-2-4-8-17(15)19/h1-9,11,23-24H,10H2. The minimum absolute atomic E-state index is 0.00372. The molecule has 0 heterocycles. The van der Waals surface area contributed by atoms with Gasteiger partial charge in [-0.3, -0.25) is 4.79 Å². The summed E-state index contributed by atoms with van der Waals surface area (Å²) in [4.78, 5) is 12.2. The van der Waals surface area contributed by atoms with Gasteiger partial charge in [-0.25, -0.2) is 0 Å². The van der Waals surface area contributed by atoms with Gasteiger partial charge in [0.1, 0.15) is 11.4 Å². The third-order valence-electron chi connectivity index (χ3n) is 4.26. The Bertz CT molecular complexity index is 966. The monoisotopic (exact) mass is 330 g/mol. The number of Topliss-reactive ketones (excluding diaryl/α,β-unsaturated/α-hetero) is 1. The van der Waals surface area contributed by atoms with Crippen molar-refractivity contribution >= 4 is 17.2 Å². The van der Waals surface area contributed by atoms with Crippen molar-refractivity contribution in [3.8, 4) is 11.1 Å². The van der Waals surface area contributed by atoms with Gasteiger partial charge in [-0.15, -0.1) is 5.10 Å². The highest BCUT2D eigenvalue weighted by atomic mass is 16.3. The molecular formula is C20H14N2O3. The Morgan fingerprint density at radius 3 is 2.00 bits per heavy atom. The van der Waals surface area contributed by atoms with Crippen LogP contribution in [0.2, 0.25) is 0 Å². The molecule has 0 fully saturated rings. The lowest BCUT2D eigenvalue weighted by Crippen LogP contribution is -2.21. The van der Waals surface area contributed by atoms with Crippen LogP contribution < -0.4 is 0 Å². The highest BCUT2D eigenvalue weighted by Gasteiger charge is 2.26. The zero-order chi connectivity index (χ0) is 17.4. The summed E-state index contributed by atoms with van der Waals surface area (Å²) in [5, 5.41) is 27.3. The van der Waals surface area contributed by atoms with Crippen LogP contribution in [0.3, 0.4) is 0 Å². The Hall–Kier alpha value is -3.47. The molecule has 0 bridgehead atoms. The zero-order valence-electron chi connectivity index (χ0n) is 13.2. The van der Waals surface area contributed by atoms with Gasteiger partial charge in [-0.1, -0.05) is 48.5 Å². The van der Waals surface area contributed by atoms with E-state index in [1.165, 1.54) is 6.08 Å². The van der Waals surface area contributed by atoms with Crippen LogP contribution in [0.25, 0.3) is 11.1 Å². The van der Waals surface area contributed by atoms with Crippen LogP contribution in [-0.2, 0) is 4.79 Å². The number of aliphatic hydroxyl groups is 2. The fraction of sp³-hybridized carbons (Fsp3) is 0.0500. The summed E-state index contributed by atoms with van der Waals surface area (Å²) >= 11 is 0. The molecule has 0 saturated carbocycles. The Morgan fingerprint density at radius 1 is 0.880 bits per heavy atom. The van der Waals surface area contributed by atoms with Crippen LogP contribution in [0.4, 0.5) is 0 Å². The fourth-order valence-electron chi connectivity index (χ4n) is 3.10. The second kappa shape index (κ2) is 5.87. The number of hydrogen-bond donors (Lipinski definition) is 2. The average Bonchev–Trinajstić information content (AvgIpc) is 2.96. The number of fused-ring (bicyclic) bond motifs is 3. The van der Waals surface area contributed by atoms with E-state index in [0.717, 1.165) is 22.3 Å². The lowest BCUT2D eigenvalue weighted by atomic mass is 9.98. The van der Waals surface area contributed by atoms with E-state index >= 15 is 0 Å². The van der Waals surface area contributed by atoms with Crippen molar-refractivity contribution in [2.45, 2.75) is 6.42 Å². The highest BCUT2D eigenvalue weighted by molar-refractivity contribution is 6.47. The van der Waals surface area contributed by atoms with Crippen molar-refractivity contribution in [2.75, 3.05) is 0 Å². The van der Waals surface area contributed by atoms with Crippen LogP contribution in [0.5, 0.6) is 0 Å². The fourth-order valence-corrected chi connectivity index (χ4v) is 3.10. The first-order valence-electron chi connectivity index (χ1n) is 7.81. The van der Waals surface area contributed by atoms with Crippen molar-refractivity contribution in [2.24, 2.45) is 10.2 Å². The maximum Gasteiger partial charge on any atom is 0.212 e. The van der Waals surface area contributed by atoms with E-state index in [9.17, 15) is 9.90 Å². The number of ketones is 1. The predicted octanol–water partition coefficient (Wildman–Crippen LogP) is 3.72. The van der Waals surface area contributed by atoms with E-state index in [1.54, 1.807) is 0 Å². The topological polar surface area (TPSA) is 82.2 Å². The van der Waals surface area contributed by atoms with Crippen molar-refractivity contribution in [3.05, 3.63) is 83.3 Å². The van der Waals surface area contributed by atoms with Gasteiger partial charge >= 0.3 is 0 Å². The summed E-state index contributed by atoms with van der Waals surface area (Å²) in [6, 6.07) is 15.8. The van der Waals surface area contributed by atoms with Crippen LogP contribution in [0.1, 0.15) is 17.5 Å². The average molecular weight is 330 g/mol. The molecule has 2 aromatic carbocycles. The second-order valence-electron chi connectivity index (χ2n) is 5.81. The maximum atomic E-state index is 12.2. The number of rotatable bonds is 1. The molecule has 0 spiro atoms. The molecule has 2 aliphatic carbocycles. The van der Waals surface area contributed by atoms with E-state index in [-0.39, 0.29) is 23.5 Å². The van der Waals surface area contributed by atoms with Crippen molar-refractivity contribution < 1.29 is 15.0 Å². The molecule has 5 heteroatoms. The van der Waals surface area contributed by atoms with E-state index in [2.05, 4.69) is 10.2 Å². The molecule has 4 rings (SSSR count). The Balaban J connectivity index is 1.83. The summed E-state index contributed by atoms with van der Waals surface area (Å²) in [7, 11) is 0. The molecular weight excluding hydrogens is 316 g/mol. The predicted molar refractivity (Wildman–Crippen MR) is 96.0 cm³/mol. The maximum absolute atomic E-state index is 12.2. The molecule has 2 aliphatic rings. The molecule has 5 nitrogen and oxygen atoms in total. The van der Waals surface area contributed by atoms with Gasteiger partial charge in [0.2, 0.25) is 5.78 Å². The Morgan fingerprint density at radius 2 is 1.44 bits per heavy atom. The second-order valence-corrected chi connectivity index (χ2v) is 5.81. The van der Waals surface area contributed by atoms with Crippen LogP contribution in [0.15, 0.2) is 82.4 Å². The molecule has 122 valence electrons. The number of nitrogens with zero attached hydrogens (tertiary/aromatic N) is 2. The van der Waals surface area contributed by atoms with Crippen LogP contribution in [0, 0.1) is 0 Å². The first-order chi connectivity index (χ1) is 12.2. The molecule has 0 unspecified atom stereocenters. The van der Waals surface area contributed by atoms with Crippen molar-refractivity contribution in [1.29, 1.82) is 0 Å². The normalized spacial score (nSPS) is 19.0. The number of benzene rings is 2. The summed E-state index contributed by atoms with van der Waals surface area (Å²) in [5.41, 5.74) is 4.83. The summed E-state index contributed by atoms with van der Waals surface area (Å²) in [6.07, 6.45) is 1.89. The molecule has 0 aromatic heterocycles. The van der Waals surface area contributed by atoms with Gasteiger partial charge in [0, 0.05) is 11.1 Å². The molecule has 0 radical (unpaired) electrons. The minimum atomic E-state index is -0.441. The number of hydrogen-bond acceptors (Lipinski definition) is 5. The largest absolute Gasteiger partial charge is 0.515 e. The molecule has 0 aliphatic heterocycles. The number of carbonyl (C=O) groups is 1. The van der Waals surface area contributed by atoms with Crippen molar-refractivity contribution in [3.63, 3.8) is 0 Å². The molecule has 0 atom stereocenters. The van der Waals surface area contributed by atoms with Gasteiger partial charge in [-0.2, -0.15) is 5.10 Å². The first kappa shape index (κ1) is 15.1. The van der Waals surface area contributed by atoms with Gasteiger partial charge in [0.05, 0.1) is 24.0 Å². The molecule has 0 amide bonds. The van der Waals surface area contributed by atoms with Gasteiger partial charge < -0.3 is 10.2 Å². The summed E-state index contributed by atoms with van der Waals surface area (Å²) < 4.78 is 0. The van der Waals surface area contributed by atoms with E-state index in [1.807, 2.05) is 48.5 Å². The lowest BCUT2D eigenvalue weighted by molar-refractivity contribution is -0.109. The highest BCUT2D eigenvalue weighted by Crippen LogP contribution is 2.36. The molecule has 25 heavy (non-hydrogen) atoms. The smallest absolute Gasteiger partial charge is 0.212 e. The summed E-state index contributed by atoms with van der Waals surface area (Å²) in [5.74, 6) is -0.477. The minimum Gasteiger partial charge on any atom is -0.515 e. The SMILES string of the molecule is O=C1C(=CO)C=C(O)CC1=NN=C1c2ccccc2-c2ccccc21. The number of carbonyl (C=O) groups excluding carboxylic acids is 1. The van der Waals surface area contributed by atoms with Gasteiger partial charge in [0.25, 0.3) is 0 Å². The molecule has 2 N–H and O–H groups in total. The van der Waals surface area contributed by atoms with E-state index in [4.69, 9.17) is 5.11 Å². The first-order valence-corrected chi connectivity index (χ1v) is 7.81. The lowest BCUT2D eigenvalue weighted by Gasteiger charge is -2.10. The van der Waals surface area contributed by atoms with Crippen molar-refractivity contribution in [1.82, 2.24) is 0 Å². The van der Waals surface area contributed by atoms with Crippen LogP contribution in [-0.4, -0.2) is 27.4 Å². The Kier molecular flexibility index (Phi) is 3.54. The quantitative estimate of drug-likeness (QED) is 0.405. The Labute approximate surface area is 144 Å². The van der Waals surface area contributed by atoms with Gasteiger partial charge in [0.15, 0.2) is 0 Å². The third-order valence-corrected chi connectivity index (χ3v) is 4.26.